The van der Waals surface area contributed by atoms with Crippen molar-refractivity contribution < 1.29 is 0 Å². The van der Waals surface area contributed by atoms with Crippen LogP contribution >= 0.6 is 84.1 Å². The van der Waals surface area contributed by atoms with Gasteiger partial charge in [0.25, 0.3) is 0 Å². The molecule has 7 heteroatoms. The maximum atomic E-state index is 4.25. The summed E-state index contributed by atoms with van der Waals surface area (Å²) in [6.45, 7) is 0. The third kappa shape index (κ3) is 9.40. The lowest BCUT2D eigenvalue weighted by molar-refractivity contribution is 1.03. The number of rotatable bonds is 10. The van der Waals surface area contributed by atoms with Crippen molar-refractivity contribution in [3.63, 3.8) is 0 Å². The average Bonchev–Trinajstić information content (AvgIpc) is 2.40. The van der Waals surface area contributed by atoms with E-state index in [-0.39, 0.29) is 0 Å². The largest absolute Gasteiger partial charge is 0.179 e. The molecule has 2 unspecified atom stereocenters. The van der Waals surface area contributed by atoms with Crippen molar-refractivity contribution >= 4 is 84.1 Å². The fraction of sp³-hybridized carbons (Fsp3) is 1.00. The molecule has 0 aromatic carbocycles. The Morgan fingerprint density at radius 2 is 1.33 bits per heavy atom. The summed E-state index contributed by atoms with van der Waals surface area (Å²) in [5.74, 6) is 7.02. The van der Waals surface area contributed by atoms with E-state index in [2.05, 4.69) is 84.1 Å². The molecule has 108 valence electrons. The molecule has 0 spiro atoms. The Morgan fingerprint density at radius 3 is 1.78 bits per heavy atom. The third-order valence-electron chi connectivity index (χ3n) is 2.28. The first-order valence-electron chi connectivity index (χ1n) is 6.12. The molecule has 1 rings (SSSR count). The Balaban J connectivity index is 2.04. The fourth-order valence-electron chi connectivity index (χ4n) is 1.43. The molecule has 0 aliphatic carbocycles. The summed E-state index contributed by atoms with van der Waals surface area (Å²) in [4.78, 5) is 0. The topological polar surface area (TPSA) is 0 Å². The zero-order valence-electron chi connectivity index (χ0n) is 10.5. The summed E-state index contributed by atoms with van der Waals surface area (Å²) in [6, 6.07) is 0. The van der Waals surface area contributed by atoms with Crippen LogP contribution in [-0.4, -0.2) is 48.8 Å². The van der Waals surface area contributed by atoms with Gasteiger partial charge >= 0.3 is 0 Å². The lowest BCUT2D eigenvalue weighted by Gasteiger charge is -2.27. The van der Waals surface area contributed by atoms with Gasteiger partial charge in [-0.1, -0.05) is 0 Å². The Hall–Kier alpha value is 2.45. The van der Waals surface area contributed by atoms with Crippen molar-refractivity contribution in [1.82, 2.24) is 0 Å². The van der Waals surface area contributed by atoms with Crippen LogP contribution < -0.4 is 0 Å². The van der Waals surface area contributed by atoms with Crippen LogP contribution in [0.4, 0.5) is 0 Å². The number of thioether (sulfide) groups is 5. The van der Waals surface area contributed by atoms with Gasteiger partial charge in [0.1, 0.15) is 0 Å². The Morgan fingerprint density at radius 1 is 0.833 bits per heavy atom. The smallest absolute Gasteiger partial charge is 0.0529 e. The van der Waals surface area contributed by atoms with Gasteiger partial charge in [-0.25, -0.2) is 0 Å². The molecule has 2 atom stereocenters. The predicted molar refractivity (Wildman–Crippen MR) is 107 cm³/mol. The van der Waals surface area contributed by atoms with Crippen molar-refractivity contribution in [2.75, 3.05) is 39.6 Å². The number of hydrogen-bond donors (Lipinski definition) is 2. The van der Waals surface area contributed by atoms with E-state index in [9.17, 15) is 0 Å². The molecule has 0 aromatic heterocycles. The highest BCUT2D eigenvalue weighted by Crippen LogP contribution is 2.45. The molecule has 0 nitrogen and oxygen atoms in total. The molecule has 1 aliphatic rings. The maximum absolute atomic E-state index is 4.25. The Labute approximate surface area is 144 Å². The zero-order valence-corrected chi connectivity index (χ0v) is 16.3. The molecule has 0 N–H and O–H groups in total. The van der Waals surface area contributed by atoms with Gasteiger partial charge in [0.15, 0.2) is 0 Å². The van der Waals surface area contributed by atoms with Gasteiger partial charge in [-0.05, 0) is 35.9 Å². The minimum Gasteiger partial charge on any atom is -0.179 e. The van der Waals surface area contributed by atoms with E-state index in [0.29, 0.717) is 0 Å². The van der Waals surface area contributed by atoms with Gasteiger partial charge in [0.05, 0.1) is 9.16 Å². The summed E-state index contributed by atoms with van der Waals surface area (Å²) < 4.78 is 1.66. The summed E-state index contributed by atoms with van der Waals surface area (Å²) in [5.41, 5.74) is 0. The number of thiol groups is 2. The van der Waals surface area contributed by atoms with Crippen molar-refractivity contribution in [3.05, 3.63) is 0 Å². The molecular weight excluding hydrogens is 357 g/mol. The monoisotopic (exact) mass is 378 g/mol. The van der Waals surface area contributed by atoms with E-state index in [1.807, 2.05) is 0 Å². The third-order valence-corrected chi connectivity index (χ3v) is 10.2. The van der Waals surface area contributed by atoms with Crippen LogP contribution in [-0.2, 0) is 0 Å². The van der Waals surface area contributed by atoms with Crippen LogP contribution in [0, 0.1) is 0 Å². The maximum Gasteiger partial charge on any atom is 0.0529 e. The SMILES string of the molecule is SCCSCCC1SCSC(CCSCCS)S1. The van der Waals surface area contributed by atoms with Crippen molar-refractivity contribution in [2.45, 2.75) is 22.0 Å². The van der Waals surface area contributed by atoms with Crippen LogP contribution in [0.1, 0.15) is 12.8 Å². The molecule has 1 heterocycles. The van der Waals surface area contributed by atoms with Gasteiger partial charge < -0.3 is 0 Å². The van der Waals surface area contributed by atoms with Crippen LogP contribution in [0.3, 0.4) is 0 Å². The van der Waals surface area contributed by atoms with Crippen LogP contribution in [0.2, 0.25) is 0 Å². The highest BCUT2D eigenvalue weighted by Gasteiger charge is 2.22. The van der Waals surface area contributed by atoms with Crippen molar-refractivity contribution in [1.29, 1.82) is 0 Å². The van der Waals surface area contributed by atoms with Gasteiger partial charge in [0.2, 0.25) is 0 Å². The van der Waals surface area contributed by atoms with Gasteiger partial charge in [-0.15, -0.1) is 35.3 Å². The fourth-order valence-corrected chi connectivity index (χ4v) is 9.86. The summed E-state index contributed by atoms with van der Waals surface area (Å²) in [7, 11) is 0. The summed E-state index contributed by atoms with van der Waals surface area (Å²) in [6.07, 6.45) is 2.71. The van der Waals surface area contributed by atoms with E-state index >= 15 is 0 Å². The molecule has 0 amide bonds. The van der Waals surface area contributed by atoms with E-state index in [1.165, 1.54) is 40.9 Å². The predicted octanol–water partition coefficient (Wildman–Crippen LogP) is 4.92. The van der Waals surface area contributed by atoms with Gasteiger partial charge in [-0.2, -0.15) is 48.8 Å². The minimum atomic E-state index is 0.832. The zero-order chi connectivity index (χ0) is 13.1. The lowest BCUT2D eigenvalue weighted by atomic mass is 10.5. The van der Waals surface area contributed by atoms with Crippen LogP contribution in [0.5, 0.6) is 0 Å². The van der Waals surface area contributed by atoms with Gasteiger partial charge in [-0.3, -0.25) is 0 Å². The molecule has 1 aliphatic heterocycles. The molecule has 18 heavy (non-hydrogen) atoms. The first kappa shape index (κ1) is 18.5. The van der Waals surface area contributed by atoms with Crippen LogP contribution in [0.15, 0.2) is 0 Å². The second-order valence-electron chi connectivity index (χ2n) is 3.70. The first-order chi connectivity index (χ1) is 8.86. The van der Waals surface area contributed by atoms with E-state index in [1.54, 1.807) is 0 Å². The van der Waals surface area contributed by atoms with E-state index in [0.717, 1.165) is 20.7 Å². The average molecular weight is 379 g/mol. The lowest BCUT2D eigenvalue weighted by Crippen LogP contribution is -2.13. The first-order valence-corrected chi connectivity index (χ1v) is 12.7. The second kappa shape index (κ2) is 13.1. The molecule has 0 radical (unpaired) electrons. The molecule has 1 fully saturated rings. The molecule has 0 saturated carbocycles. The Kier molecular flexibility index (Phi) is 13.5. The molecule has 0 aromatic rings. The Bertz CT molecular complexity index is 172. The van der Waals surface area contributed by atoms with E-state index in [4.69, 9.17) is 0 Å². The standard InChI is InChI=1S/C11H22S7/c12-3-7-14-5-1-10-16-9-17-11(18-10)2-6-15-8-4-13/h10-13H,1-9H2. The second-order valence-corrected chi connectivity index (χ2v) is 11.8. The normalized spacial score (nSPS) is 24.3. The summed E-state index contributed by atoms with van der Waals surface area (Å²) >= 11 is 19.1. The van der Waals surface area contributed by atoms with Crippen molar-refractivity contribution in [2.24, 2.45) is 0 Å². The van der Waals surface area contributed by atoms with Gasteiger partial charge in [0, 0.05) is 16.6 Å². The van der Waals surface area contributed by atoms with E-state index < -0.39 is 0 Å². The molecule has 0 bridgehead atoms. The highest BCUT2D eigenvalue weighted by molar-refractivity contribution is 8.33. The number of hydrogen-bond acceptors (Lipinski definition) is 7. The molecule has 1 saturated heterocycles. The van der Waals surface area contributed by atoms with Crippen molar-refractivity contribution in [3.8, 4) is 0 Å². The van der Waals surface area contributed by atoms with Crippen LogP contribution in [0.25, 0.3) is 0 Å². The minimum absolute atomic E-state index is 0.832. The molecular formula is C11H22S7. The quantitative estimate of drug-likeness (QED) is 0.408. The highest BCUT2D eigenvalue weighted by atomic mass is 32.3. The summed E-state index contributed by atoms with van der Waals surface area (Å²) in [5, 5.41) is 1.29.